The highest BCUT2D eigenvalue weighted by atomic mass is 19.3. The van der Waals surface area contributed by atoms with Crippen molar-refractivity contribution in [2.45, 2.75) is 25.2 Å². The third kappa shape index (κ3) is 4.44. The van der Waals surface area contributed by atoms with Gasteiger partial charge in [-0.05, 0) is 32.4 Å². The van der Waals surface area contributed by atoms with Crippen LogP contribution in [0.5, 0.6) is 0 Å². The number of nitrogens with zero attached hydrogens (tertiary/aromatic N) is 2. The molecular weight excluding hydrogens is 236 g/mol. The Kier molecular flexibility index (Phi) is 4.92. The molecule has 2 fully saturated rings. The summed E-state index contributed by atoms with van der Waals surface area (Å²) in [5, 5.41) is 3.19. The highest BCUT2D eigenvalue weighted by Crippen LogP contribution is 2.29. The first-order valence-electron chi connectivity index (χ1n) is 7.05. The maximum atomic E-state index is 14.0. The Morgan fingerprint density at radius 3 is 2.61 bits per heavy atom. The van der Waals surface area contributed by atoms with Crippen molar-refractivity contribution >= 4 is 0 Å². The molecule has 2 saturated heterocycles. The predicted molar refractivity (Wildman–Crippen MR) is 69.1 cm³/mol. The Morgan fingerprint density at radius 2 is 1.94 bits per heavy atom. The van der Waals surface area contributed by atoms with Gasteiger partial charge in [0.2, 0.25) is 0 Å². The molecule has 0 amide bonds. The molecule has 0 aliphatic carbocycles. The van der Waals surface area contributed by atoms with E-state index >= 15 is 0 Å². The van der Waals surface area contributed by atoms with Crippen LogP contribution in [0.1, 0.15) is 19.3 Å². The Bertz CT molecular complexity index is 255. The van der Waals surface area contributed by atoms with Crippen LogP contribution < -0.4 is 5.32 Å². The lowest BCUT2D eigenvalue weighted by molar-refractivity contribution is -0.0593. The molecule has 18 heavy (non-hydrogen) atoms. The van der Waals surface area contributed by atoms with Crippen molar-refractivity contribution < 1.29 is 8.78 Å². The molecule has 3 nitrogen and oxygen atoms in total. The topological polar surface area (TPSA) is 18.5 Å². The van der Waals surface area contributed by atoms with Crippen LogP contribution in [0.25, 0.3) is 0 Å². The number of hydrogen-bond donors (Lipinski definition) is 1. The van der Waals surface area contributed by atoms with Crippen molar-refractivity contribution in [3.05, 3.63) is 0 Å². The van der Waals surface area contributed by atoms with Crippen molar-refractivity contribution in [1.29, 1.82) is 0 Å². The first-order chi connectivity index (χ1) is 8.55. The molecular formula is C13H25F2N3. The van der Waals surface area contributed by atoms with Gasteiger partial charge in [-0.1, -0.05) is 0 Å². The molecule has 0 aromatic heterocycles. The maximum Gasteiger partial charge on any atom is 0.260 e. The fraction of sp³-hybridized carbons (Fsp3) is 1.00. The molecule has 0 saturated carbocycles. The molecule has 1 N–H and O–H groups in total. The quantitative estimate of drug-likeness (QED) is 0.822. The number of halogens is 2. The molecule has 5 heteroatoms. The number of rotatable bonds is 4. The number of piperazine rings is 1. The zero-order chi connectivity index (χ0) is 13.0. The lowest BCUT2D eigenvalue weighted by atomic mass is 9.92. The van der Waals surface area contributed by atoms with Gasteiger partial charge in [0.15, 0.2) is 0 Å². The van der Waals surface area contributed by atoms with E-state index in [0.29, 0.717) is 0 Å². The van der Waals surface area contributed by atoms with Crippen molar-refractivity contribution in [3.63, 3.8) is 0 Å². The Labute approximate surface area is 109 Å². The Balaban J connectivity index is 1.78. The van der Waals surface area contributed by atoms with Gasteiger partial charge in [-0.3, -0.25) is 4.90 Å². The summed E-state index contributed by atoms with van der Waals surface area (Å²) in [5.41, 5.74) is 0. The van der Waals surface area contributed by atoms with E-state index in [9.17, 15) is 8.78 Å². The highest BCUT2D eigenvalue weighted by molar-refractivity contribution is 4.81. The number of hydrogen-bond acceptors (Lipinski definition) is 3. The summed E-state index contributed by atoms with van der Waals surface area (Å²) in [7, 11) is 2.03. The molecule has 0 radical (unpaired) electrons. The van der Waals surface area contributed by atoms with Crippen molar-refractivity contribution in [1.82, 2.24) is 15.1 Å². The monoisotopic (exact) mass is 261 g/mol. The van der Waals surface area contributed by atoms with E-state index in [2.05, 4.69) is 10.2 Å². The number of piperidine rings is 1. The van der Waals surface area contributed by atoms with Gasteiger partial charge in [0.1, 0.15) is 0 Å². The second kappa shape index (κ2) is 6.26. The number of likely N-dealkylation sites (tertiary alicyclic amines) is 1. The van der Waals surface area contributed by atoms with Gasteiger partial charge < -0.3 is 10.2 Å². The lowest BCUT2D eigenvalue weighted by Crippen LogP contribution is -2.48. The fourth-order valence-corrected chi connectivity index (χ4v) is 3.12. The average molecular weight is 261 g/mol. The smallest absolute Gasteiger partial charge is 0.260 e. The van der Waals surface area contributed by atoms with E-state index in [1.165, 1.54) is 0 Å². The van der Waals surface area contributed by atoms with Crippen LogP contribution >= 0.6 is 0 Å². The third-order valence-corrected chi connectivity index (χ3v) is 3.97. The lowest BCUT2D eigenvalue weighted by Gasteiger charge is -2.35. The number of alkyl halides is 2. The van der Waals surface area contributed by atoms with Gasteiger partial charge in [0.25, 0.3) is 5.92 Å². The van der Waals surface area contributed by atoms with Crippen LogP contribution in [0.15, 0.2) is 0 Å². The molecule has 2 heterocycles. The standard InChI is InChI=1S/C13H25F2N3/c1-17-6-2-3-12(10-17)9-13(14,15)11-18-7-4-16-5-8-18/h12,16H,2-11H2,1H3. The van der Waals surface area contributed by atoms with Crippen LogP contribution in [-0.2, 0) is 0 Å². The summed E-state index contributed by atoms with van der Waals surface area (Å²) >= 11 is 0. The van der Waals surface area contributed by atoms with E-state index in [0.717, 1.165) is 52.1 Å². The normalized spacial score (nSPS) is 28.5. The largest absolute Gasteiger partial charge is 0.314 e. The summed E-state index contributed by atoms with van der Waals surface area (Å²) in [4.78, 5) is 4.07. The van der Waals surface area contributed by atoms with Crippen molar-refractivity contribution in [2.75, 3.05) is 52.9 Å². The van der Waals surface area contributed by atoms with Crippen LogP contribution in [-0.4, -0.2) is 68.6 Å². The van der Waals surface area contributed by atoms with Gasteiger partial charge in [0, 0.05) is 39.1 Å². The second-order valence-electron chi connectivity index (χ2n) is 5.86. The molecule has 1 unspecified atom stereocenters. The van der Waals surface area contributed by atoms with Crippen LogP contribution in [0.3, 0.4) is 0 Å². The zero-order valence-electron chi connectivity index (χ0n) is 11.3. The SMILES string of the molecule is CN1CCCC(CC(F)(F)CN2CCNCC2)C1. The van der Waals surface area contributed by atoms with Crippen molar-refractivity contribution in [3.8, 4) is 0 Å². The van der Waals surface area contributed by atoms with Gasteiger partial charge in [-0.2, -0.15) is 0 Å². The fourth-order valence-electron chi connectivity index (χ4n) is 3.12. The molecule has 0 aromatic carbocycles. The third-order valence-electron chi connectivity index (χ3n) is 3.97. The highest BCUT2D eigenvalue weighted by Gasteiger charge is 2.36. The Hall–Kier alpha value is -0.260. The molecule has 2 aliphatic heterocycles. The first kappa shape index (κ1) is 14.2. The molecule has 0 aromatic rings. The minimum atomic E-state index is -2.53. The molecule has 2 aliphatic rings. The van der Waals surface area contributed by atoms with Gasteiger partial charge >= 0.3 is 0 Å². The van der Waals surface area contributed by atoms with Gasteiger partial charge in [0.05, 0.1) is 6.54 Å². The average Bonchev–Trinajstić information content (AvgIpc) is 2.28. The van der Waals surface area contributed by atoms with Crippen molar-refractivity contribution in [2.24, 2.45) is 5.92 Å². The van der Waals surface area contributed by atoms with Gasteiger partial charge in [-0.25, -0.2) is 8.78 Å². The van der Waals surface area contributed by atoms with Crippen LogP contribution in [0.2, 0.25) is 0 Å². The summed E-state index contributed by atoms with van der Waals surface area (Å²) in [6.45, 7) is 5.00. The first-order valence-corrected chi connectivity index (χ1v) is 7.05. The minimum Gasteiger partial charge on any atom is -0.314 e. The number of nitrogens with one attached hydrogen (secondary N) is 1. The molecule has 1 atom stereocenters. The van der Waals surface area contributed by atoms with Gasteiger partial charge in [-0.15, -0.1) is 0 Å². The zero-order valence-corrected chi connectivity index (χ0v) is 11.3. The maximum absolute atomic E-state index is 14.0. The molecule has 0 spiro atoms. The predicted octanol–water partition coefficient (Wildman–Crippen LogP) is 1.26. The van der Waals surface area contributed by atoms with E-state index in [-0.39, 0.29) is 18.9 Å². The molecule has 106 valence electrons. The molecule has 2 rings (SSSR count). The minimum absolute atomic E-state index is 0.0568. The van der Waals surface area contributed by atoms with E-state index in [1.807, 2.05) is 11.9 Å². The summed E-state index contributed by atoms with van der Waals surface area (Å²) in [6, 6.07) is 0. The second-order valence-corrected chi connectivity index (χ2v) is 5.86. The van der Waals surface area contributed by atoms with Crippen LogP contribution in [0.4, 0.5) is 8.78 Å². The van der Waals surface area contributed by atoms with E-state index in [4.69, 9.17) is 0 Å². The van der Waals surface area contributed by atoms with E-state index in [1.54, 1.807) is 0 Å². The summed E-state index contributed by atoms with van der Waals surface area (Å²) in [6.07, 6.45) is 2.08. The van der Waals surface area contributed by atoms with Crippen LogP contribution in [0, 0.1) is 5.92 Å². The Morgan fingerprint density at radius 1 is 1.22 bits per heavy atom. The van der Waals surface area contributed by atoms with E-state index < -0.39 is 5.92 Å². The molecule has 0 bridgehead atoms. The summed E-state index contributed by atoms with van der Waals surface area (Å²) < 4.78 is 28.1. The summed E-state index contributed by atoms with van der Waals surface area (Å²) in [5.74, 6) is -2.36.